The fraction of sp³-hybridized carbons (Fsp3) is 0.0492. The highest BCUT2D eigenvalue weighted by molar-refractivity contribution is 7.22. The van der Waals surface area contributed by atoms with Gasteiger partial charge in [-0.25, -0.2) is 9.97 Å². The molecular weight excluding hydrogens is 821 g/mol. The molecule has 4 heterocycles. The van der Waals surface area contributed by atoms with Gasteiger partial charge in [-0.15, -0.1) is 11.3 Å². The minimum atomic E-state index is -0.147. The van der Waals surface area contributed by atoms with E-state index in [4.69, 9.17) is 9.97 Å². The molecule has 1 aliphatic rings. The van der Waals surface area contributed by atoms with Crippen LogP contribution in [0.4, 0.5) is 0 Å². The smallest absolute Gasteiger partial charge is 0.235 e. The van der Waals surface area contributed by atoms with Gasteiger partial charge in [-0.2, -0.15) is 0 Å². The highest BCUT2D eigenvalue weighted by atomic mass is 32.1. The van der Waals surface area contributed by atoms with E-state index in [0.29, 0.717) is 5.95 Å². The van der Waals surface area contributed by atoms with E-state index in [2.05, 4.69) is 229 Å². The first-order chi connectivity index (χ1) is 32.5. The molecule has 4 aromatic heterocycles. The van der Waals surface area contributed by atoms with E-state index < -0.39 is 0 Å². The van der Waals surface area contributed by atoms with Crippen LogP contribution in [0.5, 0.6) is 0 Å². The molecule has 0 bridgehead atoms. The van der Waals surface area contributed by atoms with Gasteiger partial charge in [0.2, 0.25) is 5.95 Å². The Labute approximate surface area is 385 Å². The van der Waals surface area contributed by atoms with Crippen LogP contribution in [-0.4, -0.2) is 19.1 Å². The summed E-state index contributed by atoms with van der Waals surface area (Å²) in [6.45, 7) is 4.70. The predicted molar refractivity (Wildman–Crippen MR) is 277 cm³/mol. The van der Waals surface area contributed by atoms with E-state index in [1.54, 1.807) is 11.3 Å². The summed E-state index contributed by atoms with van der Waals surface area (Å²) in [7, 11) is 0. The Morgan fingerprint density at radius 2 is 1.14 bits per heavy atom. The largest absolute Gasteiger partial charge is 0.309 e. The summed E-state index contributed by atoms with van der Waals surface area (Å²) in [4.78, 5) is 12.4. The number of rotatable bonds is 5. The van der Waals surface area contributed by atoms with Gasteiger partial charge in [-0.1, -0.05) is 172 Å². The summed E-state index contributed by atoms with van der Waals surface area (Å²) in [6, 6.07) is 75.2. The van der Waals surface area contributed by atoms with E-state index in [9.17, 15) is 0 Å². The van der Waals surface area contributed by atoms with Gasteiger partial charge in [0.05, 0.1) is 38.0 Å². The van der Waals surface area contributed by atoms with Gasteiger partial charge in [-0.05, 0) is 92.9 Å². The van der Waals surface area contributed by atoms with Crippen LogP contribution in [0, 0.1) is 0 Å². The average Bonchev–Trinajstić information content (AvgIpc) is 4.11. The number of para-hydroxylation sites is 2. The highest BCUT2D eigenvalue weighted by Gasteiger charge is 2.35. The summed E-state index contributed by atoms with van der Waals surface area (Å²) >= 11 is 1.77. The third-order valence-electron chi connectivity index (χ3n) is 14.1. The number of thiophene rings is 1. The standard InChI is InChI=1S/C61H40N4S/c1-61(2)49-25-13-11-22-44(49)45-31-29-40(35-50(45)61)57-59-51(36-55(66-59)38-17-5-3-6-18-38)62-60(63-57)65-53-33-30-39(34-48(53)46-32-28-37-16-9-10-21-43(37)58(46)65)42-24-15-27-54-56(42)47-23-12-14-26-52(47)64(54)41-19-7-4-8-20-41/h3-36H,1-2H3. The van der Waals surface area contributed by atoms with Crippen LogP contribution in [0.1, 0.15) is 25.0 Å². The minimum absolute atomic E-state index is 0.147. The fourth-order valence-electron chi connectivity index (χ4n) is 11.1. The van der Waals surface area contributed by atoms with Crippen LogP contribution in [0.15, 0.2) is 206 Å². The van der Waals surface area contributed by atoms with Crippen molar-refractivity contribution in [2.45, 2.75) is 19.3 Å². The van der Waals surface area contributed by atoms with Gasteiger partial charge in [0, 0.05) is 48.5 Å². The third-order valence-corrected chi connectivity index (χ3v) is 15.3. The first-order valence-corrected chi connectivity index (χ1v) is 23.5. The zero-order valence-corrected chi connectivity index (χ0v) is 37.1. The van der Waals surface area contributed by atoms with E-state index in [1.807, 2.05) is 0 Å². The number of benzene rings is 9. The van der Waals surface area contributed by atoms with Crippen LogP contribution in [0.2, 0.25) is 0 Å². The molecule has 0 saturated heterocycles. The first kappa shape index (κ1) is 37.3. The number of nitrogens with zero attached hydrogens (tertiary/aromatic N) is 4. The van der Waals surface area contributed by atoms with Crippen molar-refractivity contribution in [3.63, 3.8) is 0 Å². The quantitative estimate of drug-likeness (QED) is 0.173. The van der Waals surface area contributed by atoms with Gasteiger partial charge in [-0.3, -0.25) is 4.57 Å². The molecule has 13 aromatic rings. The Morgan fingerprint density at radius 1 is 0.439 bits per heavy atom. The second-order valence-corrected chi connectivity index (χ2v) is 19.2. The van der Waals surface area contributed by atoms with Gasteiger partial charge in [0.1, 0.15) is 0 Å². The first-order valence-electron chi connectivity index (χ1n) is 22.7. The molecule has 0 aliphatic heterocycles. The third kappa shape index (κ3) is 5.32. The molecule has 0 saturated carbocycles. The lowest BCUT2D eigenvalue weighted by Crippen LogP contribution is -2.15. The molecule has 0 fully saturated rings. The van der Waals surface area contributed by atoms with E-state index in [1.165, 1.54) is 81.8 Å². The van der Waals surface area contributed by atoms with Crippen LogP contribution < -0.4 is 0 Å². The molecule has 1 aliphatic carbocycles. The molecule has 14 rings (SSSR count). The minimum Gasteiger partial charge on any atom is -0.309 e. The lowest BCUT2D eigenvalue weighted by Gasteiger charge is -2.22. The van der Waals surface area contributed by atoms with E-state index in [-0.39, 0.29) is 5.41 Å². The maximum absolute atomic E-state index is 5.70. The number of hydrogen-bond acceptors (Lipinski definition) is 3. The number of hydrogen-bond donors (Lipinski definition) is 0. The lowest BCUT2D eigenvalue weighted by molar-refractivity contribution is 0.660. The number of fused-ring (bicyclic) bond motifs is 12. The molecule has 0 amide bonds. The molecule has 0 unspecified atom stereocenters. The van der Waals surface area contributed by atoms with Gasteiger partial charge >= 0.3 is 0 Å². The van der Waals surface area contributed by atoms with Crippen molar-refractivity contribution in [1.29, 1.82) is 0 Å². The molecule has 66 heavy (non-hydrogen) atoms. The van der Waals surface area contributed by atoms with Crippen LogP contribution in [-0.2, 0) is 5.41 Å². The summed E-state index contributed by atoms with van der Waals surface area (Å²) < 4.78 is 5.81. The average molecular weight is 861 g/mol. The zero-order valence-electron chi connectivity index (χ0n) is 36.3. The Bertz CT molecular complexity index is 4130. The van der Waals surface area contributed by atoms with Gasteiger partial charge in [0.25, 0.3) is 0 Å². The lowest BCUT2D eigenvalue weighted by atomic mass is 9.82. The highest BCUT2D eigenvalue weighted by Crippen LogP contribution is 2.51. The van der Waals surface area contributed by atoms with E-state index in [0.717, 1.165) is 43.6 Å². The van der Waals surface area contributed by atoms with Crippen molar-refractivity contribution >= 4 is 75.9 Å². The van der Waals surface area contributed by atoms with Crippen molar-refractivity contribution in [3.05, 3.63) is 217 Å². The molecule has 5 heteroatoms. The SMILES string of the molecule is CC1(C)c2ccccc2-c2ccc(-c3nc(-n4c5ccc(-c6cccc7c6c6ccccc6n7-c6ccccc6)cc5c5ccc6ccccc6c54)nc4cc(-c5ccccc5)sc34)cc21. The Morgan fingerprint density at radius 3 is 2.02 bits per heavy atom. The normalized spacial score (nSPS) is 13.1. The predicted octanol–water partition coefficient (Wildman–Crippen LogP) is 16.3. The molecule has 0 radical (unpaired) electrons. The molecule has 0 spiro atoms. The summed E-state index contributed by atoms with van der Waals surface area (Å²) in [6.07, 6.45) is 0. The Balaban J connectivity index is 1.03. The van der Waals surface area contributed by atoms with Crippen molar-refractivity contribution in [3.8, 4) is 55.6 Å². The van der Waals surface area contributed by atoms with Crippen molar-refractivity contribution in [2.75, 3.05) is 0 Å². The molecule has 0 N–H and O–H groups in total. The topological polar surface area (TPSA) is 35.6 Å². The second-order valence-electron chi connectivity index (χ2n) is 18.1. The number of aromatic nitrogens is 4. The van der Waals surface area contributed by atoms with Crippen molar-refractivity contribution in [2.24, 2.45) is 0 Å². The summed E-state index contributed by atoms with van der Waals surface area (Å²) in [5, 5.41) is 7.15. The second kappa shape index (κ2) is 13.9. The Kier molecular flexibility index (Phi) is 7.87. The maximum Gasteiger partial charge on any atom is 0.235 e. The van der Waals surface area contributed by atoms with Crippen LogP contribution >= 0.6 is 11.3 Å². The summed E-state index contributed by atoms with van der Waals surface area (Å²) in [5.41, 5.74) is 17.4. The monoisotopic (exact) mass is 860 g/mol. The van der Waals surface area contributed by atoms with Crippen molar-refractivity contribution in [1.82, 2.24) is 19.1 Å². The maximum atomic E-state index is 5.70. The molecule has 0 atom stereocenters. The van der Waals surface area contributed by atoms with E-state index >= 15 is 0 Å². The fourth-order valence-corrected chi connectivity index (χ4v) is 12.2. The Hall–Kier alpha value is -8.12. The molecule has 4 nitrogen and oxygen atoms in total. The van der Waals surface area contributed by atoms with Crippen molar-refractivity contribution < 1.29 is 0 Å². The molecule has 9 aromatic carbocycles. The van der Waals surface area contributed by atoms with Crippen LogP contribution in [0.25, 0.3) is 120 Å². The zero-order chi connectivity index (χ0) is 43.7. The molecule has 310 valence electrons. The summed E-state index contributed by atoms with van der Waals surface area (Å²) in [5.74, 6) is 0.662. The van der Waals surface area contributed by atoms with Gasteiger partial charge < -0.3 is 4.57 Å². The van der Waals surface area contributed by atoms with Crippen LogP contribution in [0.3, 0.4) is 0 Å². The molecular formula is C61H40N4S. The van der Waals surface area contributed by atoms with Gasteiger partial charge in [0.15, 0.2) is 0 Å².